The average Bonchev–Trinajstić information content (AvgIpc) is 2.27. The van der Waals surface area contributed by atoms with E-state index in [4.69, 9.17) is 10.5 Å². The number of benzene rings is 1. The fourth-order valence-electron chi connectivity index (χ4n) is 1.55. The summed E-state index contributed by atoms with van der Waals surface area (Å²) in [7, 11) is 0. The quantitative estimate of drug-likeness (QED) is 0.815. The Morgan fingerprint density at radius 3 is 2.82 bits per heavy atom. The van der Waals surface area contributed by atoms with E-state index in [9.17, 15) is 4.79 Å². The number of hydrogen-bond donors (Lipinski definition) is 2. The van der Waals surface area contributed by atoms with E-state index in [0.29, 0.717) is 12.3 Å². The van der Waals surface area contributed by atoms with Crippen molar-refractivity contribution >= 4 is 5.91 Å². The van der Waals surface area contributed by atoms with Gasteiger partial charge in [0, 0.05) is 18.2 Å². The fraction of sp³-hybridized carbons (Fsp3) is 0.462. The molecule has 1 rings (SSSR count). The van der Waals surface area contributed by atoms with Gasteiger partial charge in [0.05, 0.1) is 0 Å². The summed E-state index contributed by atoms with van der Waals surface area (Å²) in [4.78, 5) is 11.3. The first-order valence-corrected chi connectivity index (χ1v) is 5.80. The van der Waals surface area contributed by atoms with Gasteiger partial charge < -0.3 is 15.8 Å². The molecule has 0 unspecified atom stereocenters. The zero-order valence-corrected chi connectivity index (χ0v) is 10.6. The highest BCUT2D eigenvalue weighted by Crippen LogP contribution is 2.24. The lowest BCUT2D eigenvalue weighted by Gasteiger charge is -2.14. The minimum absolute atomic E-state index is 0.0244. The maximum atomic E-state index is 11.3. The Balaban J connectivity index is 2.73. The molecule has 1 atom stereocenters. The van der Waals surface area contributed by atoms with Gasteiger partial charge in [-0.1, -0.05) is 17.7 Å². The SMILES string of the molecule is CCNC(=O)COc1ccc(C)cc1[C@@H](C)N. The molecule has 0 saturated carbocycles. The van der Waals surface area contributed by atoms with Crippen LogP contribution in [0.2, 0.25) is 0 Å². The van der Waals surface area contributed by atoms with E-state index in [1.165, 1.54) is 0 Å². The van der Waals surface area contributed by atoms with E-state index in [1.807, 2.05) is 39.0 Å². The van der Waals surface area contributed by atoms with Crippen LogP contribution in [0.15, 0.2) is 18.2 Å². The first-order chi connectivity index (χ1) is 8.04. The second-order valence-electron chi connectivity index (χ2n) is 4.07. The van der Waals surface area contributed by atoms with E-state index >= 15 is 0 Å². The third kappa shape index (κ3) is 4.07. The molecule has 0 spiro atoms. The van der Waals surface area contributed by atoms with E-state index in [2.05, 4.69) is 5.32 Å². The predicted molar refractivity (Wildman–Crippen MR) is 68.0 cm³/mol. The van der Waals surface area contributed by atoms with Crippen LogP contribution in [0.4, 0.5) is 0 Å². The maximum absolute atomic E-state index is 11.3. The van der Waals surface area contributed by atoms with Gasteiger partial charge in [-0.2, -0.15) is 0 Å². The molecule has 0 fully saturated rings. The Morgan fingerprint density at radius 1 is 1.53 bits per heavy atom. The summed E-state index contributed by atoms with van der Waals surface area (Å²) < 4.78 is 5.48. The van der Waals surface area contributed by atoms with Gasteiger partial charge in [0.25, 0.3) is 5.91 Å². The zero-order chi connectivity index (χ0) is 12.8. The summed E-state index contributed by atoms with van der Waals surface area (Å²) in [6.07, 6.45) is 0. The van der Waals surface area contributed by atoms with Crippen molar-refractivity contribution in [1.29, 1.82) is 0 Å². The third-order valence-electron chi connectivity index (χ3n) is 2.39. The lowest BCUT2D eigenvalue weighted by molar-refractivity contribution is -0.122. The second kappa shape index (κ2) is 6.25. The second-order valence-corrected chi connectivity index (χ2v) is 4.07. The molecular weight excluding hydrogens is 216 g/mol. The summed E-state index contributed by atoms with van der Waals surface area (Å²) in [5, 5.41) is 2.68. The average molecular weight is 236 g/mol. The third-order valence-corrected chi connectivity index (χ3v) is 2.39. The van der Waals surface area contributed by atoms with Crippen molar-refractivity contribution in [1.82, 2.24) is 5.32 Å². The van der Waals surface area contributed by atoms with Gasteiger partial charge >= 0.3 is 0 Å². The van der Waals surface area contributed by atoms with E-state index in [-0.39, 0.29) is 18.6 Å². The molecule has 94 valence electrons. The van der Waals surface area contributed by atoms with Crippen LogP contribution >= 0.6 is 0 Å². The van der Waals surface area contributed by atoms with Crippen LogP contribution in [-0.4, -0.2) is 19.1 Å². The van der Waals surface area contributed by atoms with Crippen molar-refractivity contribution in [3.63, 3.8) is 0 Å². The molecule has 1 amide bonds. The largest absolute Gasteiger partial charge is 0.483 e. The van der Waals surface area contributed by atoms with Gasteiger partial charge in [-0.15, -0.1) is 0 Å². The Hall–Kier alpha value is -1.55. The van der Waals surface area contributed by atoms with E-state index < -0.39 is 0 Å². The molecule has 0 aliphatic carbocycles. The highest BCUT2D eigenvalue weighted by molar-refractivity contribution is 5.77. The first-order valence-electron chi connectivity index (χ1n) is 5.80. The number of rotatable bonds is 5. The summed E-state index contributed by atoms with van der Waals surface area (Å²) in [6, 6.07) is 5.67. The molecule has 17 heavy (non-hydrogen) atoms. The fourth-order valence-corrected chi connectivity index (χ4v) is 1.55. The van der Waals surface area contributed by atoms with Crippen LogP contribution in [0.25, 0.3) is 0 Å². The monoisotopic (exact) mass is 236 g/mol. The van der Waals surface area contributed by atoms with Crippen molar-refractivity contribution in [2.45, 2.75) is 26.8 Å². The van der Waals surface area contributed by atoms with Gasteiger partial charge in [-0.25, -0.2) is 0 Å². The number of nitrogens with one attached hydrogen (secondary N) is 1. The van der Waals surface area contributed by atoms with Crippen LogP contribution < -0.4 is 15.8 Å². The lowest BCUT2D eigenvalue weighted by Crippen LogP contribution is -2.28. The molecule has 4 heteroatoms. The molecule has 0 aliphatic heterocycles. The minimum atomic E-state index is -0.122. The number of hydrogen-bond acceptors (Lipinski definition) is 3. The summed E-state index contributed by atoms with van der Waals surface area (Å²) in [5.74, 6) is 0.556. The summed E-state index contributed by atoms with van der Waals surface area (Å²) in [5.41, 5.74) is 7.92. The molecule has 1 aromatic carbocycles. The Morgan fingerprint density at radius 2 is 2.24 bits per heavy atom. The minimum Gasteiger partial charge on any atom is -0.483 e. The van der Waals surface area contributed by atoms with Crippen molar-refractivity contribution in [2.24, 2.45) is 5.73 Å². The molecule has 1 aromatic rings. The maximum Gasteiger partial charge on any atom is 0.257 e. The summed E-state index contributed by atoms with van der Waals surface area (Å²) in [6.45, 7) is 6.40. The topological polar surface area (TPSA) is 64.3 Å². The number of carbonyl (C=O) groups is 1. The highest BCUT2D eigenvalue weighted by atomic mass is 16.5. The van der Waals surface area contributed by atoms with Crippen LogP contribution in [0.3, 0.4) is 0 Å². The predicted octanol–water partition coefficient (Wildman–Crippen LogP) is 1.53. The number of likely N-dealkylation sites (N-methyl/N-ethyl adjacent to an activating group) is 1. The number of carbonyl (C=O) groups excluding carboxylic acids is 1. The van der Waals surface area contributed by atoms with Crippen LogP contribution in [0, 0.1) is 6.92 Å². The zero-order valence-electron chi connectivity index (χ0n) is 10.6. The Labute approximate surface area is 102 Å². The normalized spacial score (nSPS) is 12.0. The van der Waals surface area contributed by atoms with Gasteiger partial charge in [-0.05, 0) is 26.8 Å². The van der Waals surface area contributed by atoms with Gasteiger partial charge in [0.15, 0.2) is 6.61 Å². The number of aryl methyl sites for hydroxylation is 1. The van der Waals surface area contributed by atoms with Gasteiger partial charge in [0.2, 0.25) is 0 Å². The number of ether oxygens (including phenoxy) is 1. The number of nitrogens with two attached hydrogens (primary N) is 1. The Kier molecular flexibility index (Phi) is 4.97. The standard InChI is InChI=1S/C13H20N2O2/c1-4-15-13(16)8-17-12-6-5-9(2)7-11(12)10(3)14/h5-7,10H,4,8,14H2,1-3H3,(H,15,16)/t10-/m1/s1. The number of amides is 1. The lowest BCUT2D eigenvalue weighted by atomic mass is 10.1. The highest BCUT2D eigenvalue weighted by Gasteiger charge is 2.09. The Bertz CT molecular complexity index is 389. The van der Waals surface area contributed by atoms with Gasteiger partial charge in [0.1, 0.15) is 5.75 Å². The van der Waals surface area contributed by atoms with E-state index in [1.54, 1.807) is 0 Å². The first kappa shape index (κ1) is 13.5. The molecule has 4 nitrogen and oxygen atoms in total. The molecule has 0 radical (unpaired) electrons. The molecule has 0 heterocycles. The van der Waals surface area contributed by atoms with E-state index in [0.717, 1.165) is 11.1 Å². The summed E-state index contributed by atoms with van der Waals surface area (Å²) >= 11 is 0. The van der Waals surface area contributed by atoms with Gasteiger partial charge in [-0.3, -0.25) is 4.79 Å². The molecule has 0 aliphatic rings. The molecule has 0 bridgehead atoms. The molecule has 3 N–H and O–H groups in total. The van der Waals surface area contributed by atoms with Crippen molar-refractivity contribution in [2.75, 3.05) is 13.2 Å². The van der Waals surface area contributed by atoms with Crippen LogP contribution in [0.1, 0.15) is 31.0 Å². The van der Waals surface area contributed by atoms with Crippen molar-refractivity contribution in [3.05, 3.63) is 29.3 Å². The van der Waals surface area contributed by atoms with Crippen LogP contribution in [-0.2, 0) is 4.79 Å². The molecular formula is C13H20N2O2. The molecule has 0 saturated heterocycles. The van der Waals surface area contributed by atoms with Crippen molar-refractivity contribution < 1.29 is 9.53 Å². The van der Waals surface area contributed by atoms with Crippen LogP contribution in [0.5, 0.6) is 5.75 Å². The smallest absolute Gasteiger partial charge is 0.257 e. The van der Waals surface area contributed by atoms with Crippen molar-refractivity contribution in [3.8, 4) is 5.75 Å². The molecule has 0 aromatic heterocycles.